The van der Waals surface area contributed by atoms with Gasteiger partial charge in [-0.15, -0.1) is 0 Å². The van der Waals surface area contributed by atoms with Crippen LogP contribution in [0.3, 0.4) is 0 Å². The molecule has 0 radical (unpaired) electrons. The highest BCUT2D eigenvalue weighted by atomic mass is 16.2. The summed E-state index contributed by atoms with van der Waals surface area (Å²) in [5, 5.41) is 8.71. The van der Waals surface area contributed by atoms with Crippen LogP contribution in [-0.4, -0.2) is 42.3 Å². The van der Waals surface area contributed by atoms with Crippen LogP contribution in [0.15, 0.2) is 60.7 Å². The smallest absolute Gasteiger partial charge is 0.238 e. The van der Waals surface area contributed by atoms with Crippen molar-refractivity contribution >= 4 is 34.8 Å². The van der Waals surface area contributed by atoms with Crippen LogP contribution in [0, 0.1) is 34.6 Å². The first kappa shape index (κ1) is 26.6. The number of benzene rings is 3. The van der Waals surface area contributed by atoms with E-state index in [2.05, 4.69) is 16.0 Å². The fraction of sp³-hybridized carbons (Fsp3) is 0.276. The molecule has 0 aliphatic heterocycles. The van der Waals surface area contributed by atoms with Crippen molar-refractivity contribution in [1.29, 1.82) is 0 Å². The molecule has 36 heavy (non-hydrogen) atoms. The van der Waals surface area contributed by atoms with Crippen LogP contribution in [0.2, 0.25) is 0 Å². The lowest BCUT2D eigenvalue weighted by Crippen LogP contribution is -2.43. The summed E-state index contributed by atoms with van der Waals surface area (Å²) in [6, 6.07) is 19.0. The van der Waals surface area contributed by atoms with E-state index in [1.54, 1.807) is 0 Å². The van der Waals surface area contributed by atoms with Crippen LogP contribution < -0.4 is 16.0 Å². The second-order valence-corrected chi connectivity index (χ2v) is 9.19. The normalized spacial score (nSPS) is 10.7. The van der Waals surface area contributed by atoms with Gasteiger partial charge in [0, 0.05) is 17.1 Å². The van der Waals surface area contributed by atoms with Crippen molar-refractivity contribution in [2.24, 2.45) is 0 Å². The molecule has 0 atom stereocenters. The van der Waals surface area contributed by atoms with Gasteiger partial charge in [-0.25, -0.2) is 0 Å². The third-order valence-corrected chi connectivity index (χ3v) is 5.93. The van der Waals surface area contributed by atoms with Crippen LogP contribution in [0.1, 0.15) is 27.8 Å². The second kappa shape index (κ2) is 12.1. The zero-order chi connectivity index (χ0) is 26.2. The average molecular weight is 487 g/mol. The topological polar surface area (TPSA) is 90.5 Å². The summed E-state index contributed by atoms with van der Waals surface area (Å²) in [4.78, 5) is 40.2. The Hall–Kier alpha value is -3.97. The van der Waals surface area contributed by atoms with E-state index in [0.29, 0.717) is 5.69 Å². The quantitative estimate of drug-likeness (QED) is 0.407. The molecule has 3 aromatic rings. The number of rotatable bonds is 9. The Morgan fingerprint density at radius 1 is 0.556 bits per heavy atom. The Balaban J connectivity index is 1.72. The predicted octanol–water partition coefficient (Wildman–Crippen LogP) is 4.75. The molecule has 188 valence electrons. The molecule has 7 nitrogen and oxygen atoms in total. The minimum atomic E-state index is -0.307. The summed E-state index contributed by atoms with van der Waals surface area (Å²) in [7, 11) is 0. The standard InChI is InChI=1S/C29H34N4O3/c1-19-12-14-24(15-13-19)30-25(34)16-33(17-26(35)31-28-20(2)8-6-9-21(28)3)18-27(36)32-29-22(4)10-7-11-23(29)5/h6-15H,16-18H2,1-5H3,(H,30,34)(H,31,35)(H,32,36). The zero-order valence-corrected chi connectivity index (χ0v) is 21.6. The van der Waals surface area contributed by atoms with Gasteiger partial charge >= 0.3 is 0 Å². The van der Waals surface area contributed by atoms with Crippen molar-refractivity contribution in [3.8, 4) is 0 Å². The molecule has 0 bridgehead atoms. The van der Waals surface area contributed by atoms with Gasteiger partial charge < -0.3 is 16.0 Å². The van der Waals surface area contributed by atoms with Crippen LogP contribution in [0.5, 0.6) is 0 Å². The van der Waals surface area contributed by atoms with E-state index in [1.807, 2.05) is 95.3 Å². The minimum absolute atomic E-state index is 0.116. The first-order valence-electron chi connectivity index (χ1n) is 11.9. The van der Waals surface area contributed by atoms with Gasteiger partial charge in [0.25, 0.3) is 0 Å². The highest BCUT2D eigenvalue weighted by Gasteiger charge is 2.20. The summed E-state index contributed by atoms with van der Waals surface area (Å²) >= 11 is 0. The average Bonchev–Trinajstić information content (AvgIpc) is 2.80. The van der Waals surface area contributed by atoms with Crippen LogP contribution in [0.4, 0.5) is 17.1 Å². The Morgan fingerprint density at radius 3 is 1.31 bits per heavy atom. The Bertz CT molecular complexity index is 1140. The molecule has 3 amide bonds. The lowest BCUT2D eigenvalue weighted by Gasteiger charge is -2.22. The number of carbonyl (C=O) groups is 3. The van der Waals surface area contributed by atoms with Gasteiger partial charge in [-0.1, -0.05) is 54.1 Å². The molecule has 7 heteroatoms. The molecule has 0 saturated carbocycles. The zero-order valence-electron chi connectivity index (χ0n) is 21.6. The first-order valence-corrected chi connectivity index (χ1v) is 11.9. The van der Waals surface area contributed by atoms with E-state index in [9.17, 15) is 14.4 Å². The number of hydrogen-bond donors (Lipinski definition) is 3. The fourth-order valence-electron chi connectivity index (χ4n) is 4.00. The van der Waals surface area contributed by atoms with Gasteiger partial charge in [-0.3, -0.25) is 19.3 Å². The maximum Gasteiger partial charge on any atom is 0.238 e. The summed E-state index contributed by atoms with van der Waals surface area (Å²) < 4.78 is 0. The van der Waals surface area contributed by atoms with E-state index in [1.165, 1.54) is 4.90 Å². The van der Waals surface area contributed by atoms with Crippen molar-refractivity contribution in [2.75, 3.05) is 35.6 Å². The van der Waals surface area contributed by atoms with E-state index in [-0.39, 0.29) is 37.4 Å². The molecule has 0 spiro atoms. The molecule has 3 aromatic carbocycles. The molecule has 0 aliphatic carbocycles. The number of hydrogen-bond acceptors (Lipinski definition) is 4. The molecule has 3 N–H and O–H groups in total. The largest absolute Gasteiger partial charge is 0.325 e. The van der Waals surface area contributed by atoms with E-state index < -0.39 is 0 Å². The number of anilines is 3. The fourth-order valence-corrected chi connectivity index (χ4v) is 4.00. The number of carbonyl (C=O) groups excluding carboxylic acids is 3. The summed E-state index contributed by atoms with van der Waals surface area (Å²) in [5.74, 6) is -0.899. The third-order valence-electron chi connectivity index (χ3n) is 5.93. The molecule has 0 fully saturated rings. The van der Waals surface area contributed by atoms with E-state index in [0.717, 1.165) is 39.2 Å². The van der Waals surface area contributed by atoms with Crippen LogP contribution >= 0.6 is 0 Å². The van der Waals surface area contributed by atoms with E-state index in [4.69, 9.17) is 0 Å². The maximum absolute atomic E-state index is 12.9. The summed E-state index contributed by atoms with van der Waals surface area (Å²) in [6.45, 7) is 9.32. The molecule has 0 unspecified atom stereocenters. The number of nitrogens with zero attached hydrogens (tertiary/aromatic N) is 1. The highest BCUT2D eigenvalue weighted by Crippen LogP contribution is 2.20. The molecule has 0 aromatic heterocycles. The second-order valence-electron chi connectivity index (χ2n) is 9.19. The monoisotopic (exact) mass is 486 g/mol. The SMILES string of the molecule is Cc1ccc(NC(=O)CN(CC(=O)Nc2c(C)cccc2C)CC(=O)Nc2c(C)cccc2C)cc1. The Labute approximate surface area is 212 Å². The van der Waals surface area contributed by atoms with Gasteiger partial charge in [0.1, 0.15) is 0 Å². The van der Waals surface area contributed by atoms with Crippen molar-refractivity contribution < 1.29 is 14.4 Å². The van der Waals surface area contributed by atoms with Gasteiger partial charge in [0.15, 0.2) is 0 Å². The first-order chi connectivity index (χ1) is 17.1. The number of nitrogens with one attached hydrogen (secondary N) is 3. The van der Waals surface area contributed by atoms with Crippen molar-refractivity contribution in [2.45, 2.75) is 34.6 Å². The molecule has 3 rings (SSSR count). The Morgan fingerprint density at radius 2 is 0.917 bits per heavy atom. The van der Waals surface area contributed by atoms with Crippen LogP contribution in [0.25, 0.3) is 0 Å². The molecule has 0 saturated heterocycles. The van der Waals surface area contributed by atoms with Gasteiger partial charge in [0.2, 0.25) is 17.7 Å². The van der Waals surface area contributed by atoms with Gasteiger partial charge in [-0.05, 0) is 69.0 Å². The van der Waals surface area contributed by atoms with Crippen molar-refractivity contribution in [1.82, 2.24) is 4.90 Å². The van der Waals surface area contributed by atoms with Crippen molar-refractivity contribution in [3.63, 3.8) is 0 Å². The maximum atomic E-state index is 12.9. The third kappa shape index (κ3) is 7.52. The summed E-state index contributed by atoms with van der Waals surface area (Å²) in [6.07, 6.45) is 0. The number of para-hydroxylation sites is 2. The summed E-state index contributed by atoms with van der Waals surface area (Å²) in [5.41, 5.74) is 7.00. The highest BCUT2D eigenvalue weighted by molar-refractivity contribution is 5.98. The van der Waals surface area contributed by atoms with Crippen molar-refractivity contribution in [3.05, 3.63) is 88.5 Å². The predicted molar refractivity (Wildman–Crippen MR) is 145 cm³/mol. The van der Waals surface area contributed by atoms with Gasteiger partial charge in [-0.2, -0.15) is 0 Å². The molecular formula is C29H34N4O3. The number of amides is 3. The molecule has 0 heterocycles. The number of aryl methyl sites for hydroxylation is 5. The molecular weight excluding hydrogens is 452 g/mol. The lowest BCUT2D eigenvalue weighted by atomic mass is 10.1. The van der Waals surface area contributed by atoms with E-state index >= 15 is 0 Å². The van der Waals surface area contributed by atoms with Crippen LogP contribution in [-0.2, 0) is 14.4 Å². The van der Waals surface area contributed by atoms with Gasteiger partial charge in [0.05, 0.1) is 19.6 Å². The molecule has 0 aliphatic rings. The minimum Gasteiger partial charge on any atom is -0.325 e. The Kier molecular flexibility index (Phi) is 8.97. The lowest BCUT2D eigenvalue weighted by molar-refractivity contribution is -0.122.